The van der Waals surface area contributed by atoms with Crippen molar-refractivity contribution in [1.29, 1.82) is 0 Å². The van der Waals surface area contributed by atoms with Crippen LogP contribution in [-0.4, -0.2) is 66.3 Å². The number of methoxy groups -OCH3 is 1. The molecule has 1 aromatic carbocycles. The van der Waals surface area contributed by atoms with Crippen LogP contribution >= 0.6 is 0 Å². The van der Waals surface area contributed by atoms with Crippen LogP contribution in [0, 0.1) is 5.92 Å². The van der Waals surface area contributed by atoms with E-state index in [1.54, 1.807) is 18.9 Å². The number of halogens is 2. The number of nitrogens with zero attached hydrogens (tertiary/aromatic N) is 3. The Bertz CT molecular complexity index is 1440. The lowest BCUT2D eigenvalue weighted by Crippen LogP contribution is -2.39. The van der Waals surface area contributed by atoms with E-state index in [0.717, 1.165) is 67.5 Å². The van der Waals surface area contributed by atoms with Gasteiger partial charge in [0.2, 0.25) is 6.41 Å². The van der Waals surface area contributed by atoms with Gasteiger partial charge in [0.1, 0.15) is 23.5 Å². The predicted octanol–water partition coefficient (Wildman–Crippen LogP) is 5.78. The van der Waals surface area contributed by atoms with Gasteiger partial charge < -0.3 is 24.2 Å². The number of pyridine rings is 1. The molecule has 10 heteroatoms. The molecule has 3 heterocycles. The van der Waals surface area contributed by atoms with Gasteiger partial charge in [-0.05, 0) is 81.0 Å². The number of allylic oxidation sites excluding steroid dienone is 3. The molecule has 3 aliphatic rings. The zero-order valence-corrected chi connectivity index (χ0v) is 25.1. The number of benzene rings is 1. The highest BCUT2D eigenvalue weighted by atomic mass is 19.1. The van der Waals surface area contributed by atoms with Crippen molar-refractivity contribution < 1.29 is 32.9 Å². The van der Waals surface area contributed by atoms with Crippen molar-refractivity contribution in [3.05, 3.63) is 77.5 Å². The highest BCUT2D eigenvalue weighted by Gasteiger charge is 2.45. The number of aliphatic hydroxyl groups is 1. The van der Waals surface area contributed by atoms with Gasteiger partial charge >= 0.3 is 5.97 Å². The maximum atomic E-state index is 14.2. The fourth-order valence-corrected chi connectivity index (χ4v) is 5.80. The molecule has 0 spiro atoms. The Morgan fingerprint density at radius 1 is 1.21 bits per heavy atom. The number of anilines is 1. The molecule has 3 fully saturated rings. The first kappa shape index (κ1) is 30.8. The van der Waals surface area contributed by atoms with E-state index in [1.165, 1.54) is 0 Å². The van der Waals surface area contributed by atoms with Crippen LogP contribution in [0.4, 0.5) is 14.6 Å². The van der Waals surface area contributed by atoms with Gasteiger partial charge in [0.25, 0.3) is 0 Å². The summed E-state index contributed by atoms with van der Waals surface area (Å²) in [6.07, 6.45) is 1.71. The molecule has 1 aromatic heterocycles. The van der Waals surface area contributed by atoms with Crippen molar-refractivity contribution in [3.63, 3.8) is 0 Å². The summed E-state index contributed by atoms with van der Waals surface area (Å²) in [5, 5.41) is 10.9. The number of aromatic nitrogens is 1. The Labute approximate surface area is 251 Å². The molecule has 5 atom stereocenters. The maximum absolute atomic E-state index is 14.2. The highest BCUT2D eigenvalue weighted by molar-refractivity contribution is 5.79. The van der Waals surface area contributed by atoms with Crippen LogP contribution in [0.2, 0.25) is 0 Å². The molecular formula is C33H39F2N3O5. The molecule has 0 bridgehead atoms. The van der Waals surface area contributed by atoms with E-state index in [0.29, 0.717) is 18.1 Å². The van der Waals surface area contributed by atoms with E-state index < -0.39 is 30.2 Å². The Morgan fingerprint density at radius 3 is 2.63 bits per heavy atom. The van der Waals surface area contributed by atoms with Crippen molar-refractivity contribution in [2.24, 2.45) is 5.92 Å². The summed E-state index contributed by atoms with van der Waals surface area (Å²) >= 11 is 0. The van der Waals surface area contributed by atoms with Crippen molar-refractivity contribution in [2.45, 2.75) is 64.6 Å². The molecule has 2 saturated heterocycles. The molecular weight excluding hydrogens is 556 g/mol. The first-order chi connectivity index (χ1) is 20.6. The molecule has 230 valence electrons. The van der Waals surface area contributed by atoms with Crippen molar-refractivity contribution in [2.75, 3.05) is 31.7 Å². The minimum Gasteiger partial charge on any atom is -0.496 e. The van der Waals surface area contributed by atoms with Crippen LogP contribution in [0.5, 0.6) is 5.75 Å². The summed E-state index contributed by atoms with van der Waals surface area (Å²) in [5.74, 6) is -0.207. The molecule has 1 saturated carbocycles. The van der Waals surface area contributed by atoms with Crippen LogP contribution in [0.1, 0.15) is 50.8 Å². The second-order valence-corrected chi connectivity index (χ2v) is 11.3. The number of hydrogen-bond donors (Lipinski definition) is 1. The summed E-state index contributed by atoms with van der Waals surface area (Å²) in [6.45, 7) is 11.1. The smallest absolute Gasteiger partial charge is 0.309 e. The Hall–Kier alpha value is -3.60. The third kappa shape index (κ3) is 6.66. The van der Waals surface area contributed by atoms with Crippen LogP contribution in [0.25, 0.3) is 11.1 Å². The van der Waals surface area contributed by atoms with Crippen LogP contribution in [0.3, 0.4) is 0 Å². The van der Waals surface area contributed by atoms with Crippen LogP contribution in [-0.2, 0) is 20.8 Å². The van der Waals surface area contributed by atoms with Crippen molar-refractivity contribution >= 4 is 11.8 Å². The SMILES string of the molecule is C=C(/C=C(F)\C=C(/C)F)[C@H]1OC(O)N(Cc2nc(N3CCC3)ccc2-c2cc([C@H]3C[C@@H]3C(=O)OCC)ccc2OC)[C@H]1C. The van der Waals surface area contributed by atoms with E-state index in [9.17, 15) is 18.7 Å². The second kappa shape index (κ2) is 13.0. The molecule has 1 aliphatic carbocycles. The topological polar surface area (TPSA) is 84.4 Å². The number of carbonyl (C=O) groups is 1. The van der Waals surface area contributed by atoms with Crippen molar-refractivity contribution in [3.8, 4) is 16.9 Å². The summed E-state index contributed by atoms with van der Waals surface area (Å²) in [4.78, 5) is 21.3. The van der Waals surface area contributed by atoms with E-state index in [2.05, 4.69) is 11.5 Å². The average molecular weight is 596 g/mol. The highest BCUT2D eigenvalue weighted by Crippen LogP contribution is 2.50. The molecule has 2 aromatic rings. The lowest BCUT2D eigenvalue weighted by molar-refractivity contribution is -0.148. The molecule has 0 radical (unpaired) electrons. The van der Waals surface area contributed by atoms with Gasteiger partial charge in [0, 0.05) is 42.9 Å². The van der Waals surface area contributed by atoms with Crippen molar-refractivity contribution in [1.82, 2.24) is 9.88 Å². The van der Waals surface area contributed by atoms with Gasteiger partial charge in [-0.15, -0.1) is 0 Å². The lowest BCUT2D eigenvalue weighted by Gasteiger charge is -2.33. The van der Waals surface area contributed by atoms with Gasteiger partial charge in [-0.25, -0.2) is 18.7 Å². The number of esters is 1. The first-order valence-electron chi connectivity index (χ1n) is 14.7. The van der Waals surface area contributed by atoms with Gasteiger partial charge in [-0.1, -0.05) is 12.6 Å². The Kier molecular flexibility index (Phi) is 9.29. The third-order valence-corrected chi connectivity index (χ3v) is 8.33. The molecule has 43 heavy (non-hydrogen) atoms. The molecule has 1 unspecified atom stereocenters. The van der Waals surface area contributed by atoms with Gasteiger partial charge in [-0.2, -0.15) is 0 Å². The van der Waals surface area contributed by atoms with E-state index >= 15 is 0 Å². The van der Waals surface area contributed by atoms with Gasteiger partial charge in [0.15, 0.2) is 0 Å². The largest absolute Gasteiger partial charge is 0.496 e. The number of carbonyl (C=O) groups excluding carboxylic acids is 1. The number of hydrogen-bond acceptors (Lipinski definition) is 8. The summed E-state index contributed by atoms with van der Waals surface area (Å²) < 4.78 is 44.1. The van der Waals surface area contributed by atoms with E-state index in [4.69, 9.17) is 19.2 Å². The average Bonchev–Trinajstić information content (AvgIpc) is 3.69. The molecule has 0 amide bonds. The molecule has 8 nitrogen and oxygen atoms in total. The lowest BCUT2D eigenvalue weighted by atomic mass is 9.97. The quantitative estimate of drug-likeness (QED) is 0.259. The minimum atomic E-state index is -1.29. The van der Waals surface area contributed by atoms with Gasteiger partial charge in [0.05, 0.1) is 31.2 Å². The molecule has 5 rings (SSSR count). The zero-order valence-electron chi connectivity index (χ0n) is 25.1. The normalized spacial score (nSPS) is 25.8. The predicted molar refractivity (Wildman–Crippen MR) is 160 cm³/mol. The standard InChI is InChI=1S/C33H39F2N3O5/c1-6-42-32(39)27-17-25(27)22-8-10-29(41-5)26(16-22)24-9-11-30(37-12-7-13-37)36-28(24)18-38-21(4)31(43-33(38)40)19(2)14-23(35)15-20(3)34/h8-11,14-16,21,25,27,31,33,40H,2,6-7,12-13,17-18H2,1,3-5H3/b20-15+,23-14+/t21-,25+,27-,31+,33?/m0/s1. The van der Waals surface area contributed by atoms with E-state index in [-0.39, 0.29) is 29.9 Å². The fraction of sp³-hybridized carbons (Fsp3) is 0.455. The number of rotatable bonds is 11. The minimum absolute atomic E-state index is 0.0746. The Morgan fingerprint density at radius 2 is 1.98 bits per heavy atom. The molecule has 1 N–H and O–H groups in total. The second-order valence-electron chi connectivity index (χ2n) is 11.3. The fourth-order valence-electron chi connectivity index (χ4n) is 5.80. The number of ether oxygens (including phenoxy) is 3. The summed E-state index contributed by atoms with van der Waals surface area (Å²) in [6, 6.07) is 9.54. The van der Waals surface area contributed by atoms with Crippen LogP contribution in [0.15, 0.2) is 66.3 Å². The van der Waals surface area contributed by atoms with E-state index in [1.807, 2.05) is 37.3 Å². The van der Waals surface area contributed by atoms with Crippen LogP contribution < -0.4 is 9.64 Å². The first-order valence-corrected chi connectivity index (χ1v) is 14.7. The zero-order chi connectivity index (χ0) is 30.8. The van der Waals surface area contributed by atoms with Gasteiger partial charge in [-0.3, -0.25) is 4.79 Å². The number of aliphatic hydroxyl groups excluding tert-OH is 1. The third-order valence-electron chi connectivity index (χ3n) is 8.33. The monoisotopic (exact) mass is 595 g/mol. The maximum Gasteiger partial charge on any atom is 0.309 e. The summed E-state index contributed by atoms with van der Waals surface area (Å²) in [5.41, 5.74) is 3.66. The molecule has 2 aliphatic heterocycles. The Balaban J connectivity index is 1.46. The summed E-state index contributed by atoms with van der Waals surface area (Å²) in [7, 11) is 1.61.